The fraction of sp³-hybridized carbons (Fsp3) is 0.615. The summed E-state index contributed by atoms with van der Waals surface area (Å²) in [5, 5.41) is 0. The number of hydrogen-bond donors (Lipinski definition) is 1. The summed E-state index contributed by atoms with van der Waals surface area (Å²) < 4.78 is 21.1. The molecule has 9 nitrogen and oxygen atoms in total. The largest absolute Gasteiger partial charge is 0.462 e. The Balaban J connectivity index is 3.01. The van der Waals surface area contributed by atoms with E-state index < -0.39 is 36.0 Å². The lowest BCUT2D eigenvalue weighted by Crippen LogP contribution is -2.37. The minimum absolute atomic E-state index is 0.0691. The molecule has 1 rings (SSSR count). The first-order valence-electron chi connectivity index (χ1n) is 12.1. The Bertz CT molecular complexity index is 869. The highest BCUT2D eigenvalue weighted by atomic mass is 16.6. The predicted molar refractivity (Wildman–Crippen MR) is 130 cm³/mol. The zero-order valence-electron chi connectivity index (χ0n) is 21.6. The molecule has 0 saturated carbocycles. The molecule has 2 N–H and O–H groups in total. The Morgan fingerprint density at radius 2 is 1.40 bits per heavy atom. The summed E-state index contributed by atoms with van der Waals surface area (Å²) in [6, 6.07) is 3.71. The molecule has 0 heterocycles. The lowest BCUT2D eigenvalue weighted by molar-refractivity contribution is -0.157. The van der Waals surface area contributed by atoms with Gasteiger partial charge in [0, 0.05) is 6.92 Å². The molecule has 1 aromatic carbocycles. The van der Waals surface area contributed by atoms with Gasteiger partial charge in [0.15, 0.2) is 11.5 Å². The van der Waals surface area contributed by atoms with Crippen molar-refractivity contribution in [2.75, 3.05) is 6.61 Å². The van der Waals surface area contributed by atoms with E-state index in [1.165, 1.54) is 13.0 Å². The zero-order chi connectivity index (χ0) is 26.5. The van der Waals surface area contributed by atoms with Gasteiger partial charge in [0.05, 0.1) is 11.8 Å². The van der Waals surface area contributed by atoms with Crippen LogP contribution in [-0.4, -0.2) is 42.6 Å². The molecule has 0 spiro atoms. The predicted octanol–water partition coefficient (Wildman–Crippen LogP) is 3.73. The number of ether oxygens (including phenoxy) is 4. The maximum absolute atomic E-state index is 12.6. The SMILES string of the molecule is CCCC(C)C(=O)Oc1ccc(C[C@H](N)C(=O)O[C@H](C)COC(C)=O)cc1OC(=O)C(C)CCC. The second kappa shape index (κ2) is 15.1. The van der Waals surface area contributed by atoms with E-state index in [1.807, 2.05) is 13.8 Å². The Labute approximate surface area is 207 Å². The second-order valence-electron chi connectivity index (χ2n) is 8.86. The normalized spacial score (nSPS) is 14.3. The molecule has 0 saturated heterocycles. The molecule has 196 valence electrons. The average Bonchev–Trinajstić information content (AvgIpc) is 2.79. The van der Waals surface area contributed by atoms with E-state index in [2.05, 4.69) is 0 Å². The van der Waals surface area contributed by atoms with E-state index in [0.29, 0.717) is 18.4 Å². The van der Waals surface area contributed by atoms with Gasteiger partial charge in [-0.25, -0.2) is 0 Å². The smallest absolute Gasteiger partial charge is 0.323 e. The Morgan fingerprint density at radius 3 is 1.91 bits per heavy atom. The highest BCUT2D eigenvalue weighted by molar-refractivity contribution is 5.79. The van der Waals surface area contributed by atoms with Gasteiger partial charge in [-0.05, 0) is 43.9 Å². The van der Waals surface area contributed by atoms with Crippen molar-refractivity contribution < 1.29 is 38.1 Å². The molecule has 0 amide bonds. The molecule has 35 heavy (non-hydrogen) atoms. The van der Waals surface area contributed by atoms with E-state index in [-0.39, 0.29) is 36.4 Å². The summed E-state index contributed by atoms with van der Waals surface area (Å²) in [5.41, 5.74) is 6.60. The molecule has 0 aromatic heterocycles. The van der Waals surface area contributed by atoms with Crippen LogP contribution in [0.1, 0.15) is 72.8 Å². The fourth-order valence-corrected chi connectivity index (χ4v) is 3.25. The molecule has 0 aliphatic carbocycles. The van der Waals surface area contributed by atoms with E-state index >= 15 is 0 Å². The fourth-order valence-electron chi connectivity index (χ4n) is 3.25. The van der Waals surface area contributed by atoms with Gasteiger partial charge in [-0.1, -0.05) is 46.6 Å². The molecule has 0 radical (unpaired) electrons. The van der Waals surface area contributed by atoms with E-state index in [9.17, 15) is 19.2 Å². The molecule has 0 bridgehead atoms. The molecule has 0 aliphatic rings. The Morgan fingerprint density at radius 1 is 0.857 bits per heavy atom. The summed E-state index contributed by atoms with van der Waals surface area (Å²) in [6.45, 7) is 10.3. The van der Waals surface area contributed by atoms with Gasteiger partial charge in [0.2, 0.25) is 0 Å². The minimum Gasteiger partial charge on any atom is -0.462 e. The van der Waals surface area contributed by atoms with E-state index in [4.69, 9.17) is 24.7 Å². The van der Waals surface area contributed by atoms with Crippen LogP contribution >= 0.6 is 0 Å². The summed E-state index contributed by atoms with van der Waals surface area (Å²) in [7, 11) is 0. The average molecular weight is 494 g/mol. The Hall–Kier alpha value is -2.94. The van der Waals surface area contributed by atoms with E-state index in [1.54, 1.807) is 32.9 Å². The maximum Gasteiger partial charge on any atom is 0.323 e. The highest BCUT2D eigenvalue weighted by Crippen LogP contribution is 2.31. The van der Waals surface area contributed by atoms with E-state index in [0.717, 1.165) is 12.8 Å². The lowest BCUT2D eigenvalue weighted by Gasteiger charge is -2.18. The van der Waals surface area contributed by atoms with Crippen LogP contribution in [0.15, 0.2) is 18.2 Å². The molecular weight excluding hydrogens is 454 g/mol. The van der Waals surface area contributed by atoms with Crippen molar-refractivity contribution in [1.29, 1.82) is 0 Å². The van der Waals surface area contributed by atoms with Crippen molar-refractivity contribution in [2.24, 2.45) is 17.6 Å². The number of benzene rings is 1. The highest BCUT2D eigenvalue weighted by Gasteiger charge is 2.23. The van der Waals surface area contributed by atoms with Crippen molar-refractivity contribution in [3.8, 4) is 11.5 Å². The maximum atomic E-state index is 12.6. The minimum atomic E-state index is -1.00. The summed E-state index contributed by atoms with van der Waals surface area (Å²) >= 11 is 0. The lowest BCUT2D eigenvalue weighted by atomic mass is 10.0. The monoisotopic (exact) mass is 493 g/mol. The number of hydrogen-bond acceptors (Lipinski definition) is 9. The van der Waals surface area contributed by atoms with Gasteiger partial charge in [0.1, 0.15) is 18.8 Å². The number of rotatable bonds is 14. The van der Waals surface area contributed by atoms with Crippen molar-refractivity contribution in [1.82, 2.24) is 0 Å². The molecule has 0 fully saturated rings. The Kier molecular flexibility index (Phi) is 13.0. The van der Waals surface area contributed by atoms with Gasteiger partial charge in [-0.2, -0.15) is 0 Å². The molecular formula is C26H39NO8. The number of carbonyl (C=O) groups is 4. The van der Waals surface area contributed by atoms with Gasteiger partial charge in [0.25, 0.3) is 0 Å². The standard InChI is InChI=1S/C26H39NO8/c1-7-9-16(3)24(29)34-22-12-11-20(14-23(22)35-25(30)17(4)10-8-2)13-21(27)26(31)33-18(5)15-32-19(6)28/h11-12,14,16-18,21H,7-10,13,15,27H2,1-6H3/t16?,17?,18-,21+/m1/s1. The van der Waals surface area contributed by atoms with Gasteiger partial charge < -0.3 is 24.7 Å². The van der Waals surface area contributed by atoms with Crippen LogP contribution in [0, 0.1) is 11.8 Å². The van der Waals surface area contributed by atoms with Crippen molar-refractivity contribution in [3.63, 3.8) is 0 Å². The van der Waals surface area contributed by atoms with Crippen LogP contribution in [-0.2, 0) is 35.1 Å². The molecule has 1 aromatic rings. The summed E-state index contributed by atoms with van der Waals surface area (Å²) in [6.07, 6.45) is 2.42. The molecule has 0 aliphatic heterocycles. The molecule has 2 unspecified atom stereocenters. The van der Waals surface area contributed by atoms with Crippen molar-refractivity contribution in [3.05, 3.63) is 23.8 Å². The number of carbonyl (C=O) groups excluding carboxylic acids is 4. The first-order valence-corrected chi connectivity index (χ1v) is 12.1. The third-order valence-corrected chi connectivity index (χ3v) is 5.27. The molecule has 9 heteroatoms. The molecule has 4 atom stereocenters. The van der Waals surface area contributed by atoms with Crippen LogP contribution < -0.4 is 15.2 Å². The van der Waals surface area contributed by atoms with Gasteiger partial charge in [-0.15, -0.1) is 0 Å². The van der Waals surface area contributed by atoms with Crippen LogP contribution in [0.3, 0.4) is 0 Å². The van der Waals surface area contributed by atoms with Gasteiger partial charge >= 0.3 is 23.9 Å². The van der Waals surface area contributed by atoms with Crippen LogP contribution in [0.25, 0.3) is 0 Å². The first-order chi connectivity index (χ1) is 16.5. The van der Waals surface area contributed by atoms with Crippen molar-refractivity contribution >= 4 is 23.9 Å². The van der Waals surface area contributed by atoms with Gasteiger partial charge in [-0.3, -0.25) is 19.2 Å². The first kappa shape index (κ1) is 30.1. The topological polar surface area (TPSA) is 131 Å². The summed E-state index contributed by atoms with van der Waals surface area (Å²) in [4.78, 5) is 48.2. The van der Waals surface area contributed by atoms with Crippen LogP contribution in [0.4, 0.5) is 0 Å². The van der Waals surface area contributed by atoms with Crippen molar-refractivity contribution in [2.45, 2.75) is 85.8 Å². The number of esters is 4. The zero-order valence-corrected chi connectivity index (χ0v) is 21.6. The quantitative estimate of drug-likeness (QED) is 0.304. The summed E-state index contributed by atoms with van der Waals surface area (Å²) in [5.74, 6) is -2.41. The third kappa shape index (κ3) is 10.9. The van der Waals surface area contributed by atoms with Crippen LogP contribution in [0.5, 0.6) is 11.5 Å². The second-order valence-corrected chi connectivity index (χ2v) is 8.86. The third-order valence-electron chi connectivity index (χ3n) is 5.27. The number of nitrogens with two attached hydrogens (primary N) is 1. The van der Waals surface area contributed by atoms with Crippen LogP contribution in [0.2, 0.25) is 0 Å².